The second-order valence-corrected chi connectivity index (χ2v) is 9.14. The van der Waals surface area contributed by atoms with Crippen molar-refractivity contribution in [2.24, 2.45) is 0 Å². The molecule has 41 heavy (non-hydrogen) atoms. The highest BCUT2D eigenvalue weighted by atomic mass is 35.5. The molecule has 1 aliphatic rings. The highest BCUT2D eigenvalue weighted by Crippen LogP contribution is 2.37. The number of barbiturate groups is 1. The van der Waals surface area contributed by atoms with Gasteiger partial charge in [0.1, 0.15) is 5.57 Å². The maximum Gasteiger partial charge on any atom is 0.337 e. The van der Waals surface area contributed by atoms with Crippen LogP contribution in [0.3, 0.4) is 0 Å². The number of carbonyl (C=O) groups is 5. The molecule has 0 unspecified atom stereocenters. The Morgan fingerprint density at radius 2 is 1.68 bits per heavy atom. The first kappa shape index (κ1) is 28.8. The number of hydrogen-bond donors (Lipinski definition) is 2. The molecule has 0 aromatic heterocycles. The average Bonchev–Trinajstić information content (AvgIpc) is 2.95. The summed E-state index contributed by atoms with van der Waals surface area (Å²) in [5.74, 6) is -2.60. The van der Waals surface area contributed by atoms with E-state index < -0.39 is 29.7 Å². The van der Waals surface area contributed by atoms with E-state index in [2.05, 4.69) is 15.4 Å². The lowest BCUT2D eigenvalue weighted by atomic mass is 10.1. The first-order valence-electron chi connectivity index (χ1n) is 12.1. The van der Waals surface area contributed by atoms with Crippen LogP contribution < -0.4 is 25.0 Å². The van der Waals surface area contributed by atoms with E-state index in [0.29, 0.717) is 5.69 Å². The van der Waals surface area contributed by atoms with Gasteiger partial charge in [0.05, 0.1) is 30.5 Å². The van der Waals surface area contributed by atoms with E-state index in [1.54, 1.807) is 12.1 Å². The Bertz CT molecular complexity index is 1570. The van der Waals surface area contributed by atoms with Gasteiger partial charge in [-0.1, -0.05) is 29.3 Å². The number of carbonyl (C=O) groups excluding carboxylic acids is 5. The summed E-state index contributed by atoms with van der Waals surface area (Å²) in [5, 5.41) is 4.88. The smallest absolute Gasteiger partial charge is 0.337 e. The molecule has 0 radical (unpaired) electrons. The number of methoxy groups -OCH3 is 2. The Labute approximate surface area is 239 Å². The SMILES string of the molecule is COC(=O)c1ccc(N2C(=O)NC(=O)/C(=C\c3cc(Cl)c(OCC(=O)Nc4ccc(C)cc4)c(OC)c3)C2=O)cc1. The van der Waals surface area contributed by atoms with Crippen molar-refractivity contribution < 1.29 is 38.2 Å². The molecule has 12 heteroatoms. The lowest BCUT2D eigenvalue weighted by Crippen LogP contribution is -2.54. The predicted molar refractivity (Wildman–Crippen MR) is 150 cm³/mol. The van der Waals surface area contributed by atoms with Crippen LogP contribution >= 0.6 is 11.6 Å². The summed E-state index contributed by atoms with van der Waals surface area (Å²) < 4.78 is 15.6. The molecule has 1 aliphatic heterocycles. The summed E-state index contributed by atoms with van der Waals surface area (Å²) in [7, 11) is 2.59. The van der Waals surface area contributed by atoms with Gasteiger partial charge in [0, 0.05) is 5.69 Å². The molecular formula is C29H24ClN3O8. The molecule has 0 atom stereocenters. The molecular weight excluding hydrogens is 554 g/mol. The Kier molecular flexibility index (Phi) is 8.69. The van der Waals surface area contributed by atoms with Crippen molar-refractivity contribution in [1.29, 1.82) is 0 Å². The van der Waals surface area contributed by atoms with Crippen LogP contribution in [-0.4, -0.2) is 50.5 Å². The number of hydrogen-bond acceptors (Lipinski definition) is 8. The topological polar surface area (TPSA) is 140 Å². The first-order valence-corrected chi connectivity index (χ1v) is 12.5. The fraction of sp³-hybridized carbons (Fsp3) is 0.138. The molecule has 1 saturated heterocycles. The minimum absolute atomic E-state index is 0.0503. The molecule has 2 N–H and O–H groups in total. The fourth-order valence-corrected chi connectivity index (χ4v) is 4.13. The van der Waals surface area contributed by atoms with Gasteiger partial charge in [-0.25, -0.2) is 14.5 Å². The van der Waals surface area contributed by atoms with Gasteiger partial charge in [0.2, 0.25) is 0 Å². The average molecular weight is 578 g/mol. The number of rotatable bonds is 8. The van der Waals surface area contributed by atoms with Crippen LogP contribution in [0.5, 0.6) is 11.5 Å². The molecule has 0 spiro atoms. The van der Waals surface area contributed by atoms with Crippen molar-refractivity contribution in [3.05, 3.63) is 87.9 Å². The molecule has 11 nitrogen and oxygen atoms in total. The van der Waals surface area contributed by atoms with Crippen molar-refractivity contribution in [1.82, 2.24) is 5.32 Å². The zero-order valence-corrected chi connectivity index (χ0v) is 22.9. The summed E-state index contributed by atoms with van der Waals surface area (Å²) in [6.45, 7) is 1.57. The van der Waals surface area contributed by atoms with Gasteiger partial charge >= 0.3 is 12.0 Å². The third-order valence-corrected chi connectivity index (χ3v) is 6.17. The van der Waals surface area contributed by atoms with Crippen LogP contribution in [-0.2, 0) is 19.1 Å². The quantitative estimate of drug-likeness (QED) is 0.231. The van der Waals surface area contributed by atoms with E-state index in [4.69, 9.17) is 21.1 Å². The maximum atomic E-state index is 13.2. The Morgan fingerprint density at radius 1 is 1.00 bits per heavy atom. The second kappa shape index (κ2) is 12.3. The first-order chi connectivity index (χ1) is 19.6. The van der Waals surface area contributed by atoms with E-state index in [9.17, 15) is 24.0 Å². The highest BCUT2D eigenvalue weighted by Gasteiger charge is 2.37. The standard InChI is InChI=1S/C29H24ClN3O8/c1-16-4-8-19(9-5-16)31-24(34)15-41-25-22(30)13-17(14-23(25)39-2)12-21-26(35)32-29(38)33(27(21)36)20-10-6-18(7-11-20)28(37)40-3/h4-14H,15H2,1-3H3,(H,31,34)(H,32,35,38)/b21-12+. The molecule has 4 rings (SSSR count). The fourth-order valence-electron chi connectivity index (χ4n) is 3.86. The van der Waals surface area contributed by atoms with Crippen molar-refractivity contribution in [3.8, 4) is 11.5 Å². The Morgan fingerprint density at radius 3 is 2.32 bits per heavy atom. The van der Waals surface area contributed by atoms with E-state index in [-0.39, 0.29) is 45.5 Å². The number of nitrogens with zero attached hydrogens (tertiary/aromatic N) is 1. The van der Waals surface area contributed by atoms with Crippen LogP contribution in [0.2, 0.25) is 5.02 Å². The van der Waals surface area contributed by atoms with Gasteiger partial charge < -0.3 is 19.5 Å². The van der Waals surface area contributed by atoms with E-state index in [1.807, 2.05) is 19.1 Å². The lowest BCUT2D eigenvalue weighted by Gasteiger charge is -2.26. The summed E-state index contributed by atoms with van der Waals surface area (Å²) in [6.07, 6.45) is 1.24. The number of esters is 1. The molecule has 0 aliphatic carbocycles. The summed E-state index contributed by atoms with van der Waals surface area (Å²) in [5.41, 5.74) is 1.92. The number of halogens is 1. The molecule has 1 heterocycles. The summed E-state index contributed by atoms with van der Waals surface area (Å²) in [6, 6.07) is 14.7. The van der Waals surface area contributed by atoms with Gasteiger partial charge in [-0.2, -0.15) is 0 Å². The van der Waals surface area contributed by atoms with Gasteiger partial charge in [-0.15, -0.1) is 0 Å². The molecule has 3 aromatic carbocycles. The van der Waals surface area contributed by atoms with Crippen LogP contribution in [0.25, 0.3) is 6.08 Å². The second-order valence-electron chi connectivity index (χ2n) is 8.73. The molecule has 0 bridgehead atoms. The van der Waals surface area contributed by atoms with Crippen LogP contribution in [0, 0.1) is 6.92 Å². The number of anilines is 2. The number of aryl methyl sites for hydroxylation is 1. The number of amides is 5. The highest BCUT2D eigenvalue weighted by molar-refractivity contribution is 6.39. The number of ether oxygens (including phenoxy) is 3. The largest absolute Gasteiger partial charge is 0.493 e. The van der Waals surface area contributed by atoms with Gasteiger partial charge in [0.25, 0.3) is 17.7 Å². The predicted octanol–water partition coefficient (Wildman–Crippen LogP) is 4.13. The number of benzene rings is 3. The van der Waals surface area contributed by atoms with Crippen LogP contribution in [0.1, 0.15) is 21.5 Å². The number of imide groups is 2. The van der Waals surface area contributed by atoms with Crippen molar-refractivity contribution in [2.45, 2.75) is 6.92 Å². The number of urea groups is 1. The maximum absolute atomic E-state index is 13.2. The zero-order valence-electron chi connectivity index (χ0n) is 22.1. The minimum atomic E-state index is -0.953. The number of nitrogens with one attached hydrogen (secondary N) is 2. The monoisotopic (exact) mass is 577 g/mol. The van der Waals surface area contributed by atoms with E-state index >= 15 is 0 Å². The summed E-state index contributed by atoms with van der Waals surface area (Å²) >= 11 is 6.41. The van der Waals surface area contributed by atoms with Crippen molar-refractivity contribution in [3.63, 3.8) is 0 Å². The molecule has 210 valence electrons. The molecule has 0 saturated carbocycles. The van der Waals surface area contributed by atoms with Gasteiger partial charge in [0.15, 0.2) is 18.1 Å². The molecule has 5 amide bonds. The van der Waals surface area contributed by atoms with Crippen LogP contribution in [0.15, 0.2) is 66.2 Å². The minimum Gasteiger partial charge on any atom is -0.493 e. The molecule has 1 fully saturated rings. The van der Waals surface area contributed by atoms with Crippen molar-refractivity contribution in [2.75, 3.05) is 31.0 Å². The van der Waals surface area contributed by atoms with Gasteiger partial charge in [-0.3, -0.25) is 19.7 Å². The Hall–Kier alpha value is -5.16. The normalized spacial score (nSPS) is 14.0. The van der Waals surface area contributed by atoms with E-state index in [0.717, 1.165) is 10.5 Å². The molecule has 3 aromatic rings. The zero-order chi connectivity index (χ0) is 29.7. The third kappa shape index (κ3) is 6.53. The Balaban J connectivity index is 1.54. The van der Waals surface area contributed by atoms with Gasteiger partial charge in [-0.05, 0) is 67.1 Å². The lowest BCUT2D eigenvalue weighted by molar-refractivity contribution is -0.122. The van der Waals surface area contributed by atoms with Crippen LogP contribution in [0.4, 0.5) is 16.2 Å². The van der Waals surface area contributed by atoms with Crippen molar-refractivity contribution >= 4 is 58.8 Å². The summed E-state index contributed by atoms with van der Waals surface area (Å²) in [4.78, 5) is 63.2. The third-order valence-electron chi connectivity index (χ3n) is 5.89. The van der Waals surface area contributed by atoms with E-state index in [1.165, 1.54) is 56.7 Å².